The highest BCUT2D eigenvalue weighted by atomic mass is 32.1. The van der Waals surface area contributed by atoms with Crippen molar-refractivity contribution in [1.82, 2.24) is 9.97 Å². The lowest BCUT2D eigenvalue weighted by molar-refractivity contribution is -0.128. The molecule has 3 heterocycles. The van der Waals surface area contributed by atoms with Crippen molar-refractivity contribution in [3.63, 3.8) is 0 Å². The van der Waals surface area contributed by atoms with Gasteiger partial charge in [0.15, 0.2) is 6.10 Å². The molecule has 0 aliphatic carbocycles. The number of pyridine rings is 1. The van der Waals surface area contributed by atoms with Gasteiger partial charge in [-0.15, -0.1) is 11.3 Å². The third kappa shape index (κ3) is 3.41. The van der Waals surface area contributed by atoms with Gasteiger partial charge in [0.2, 0.25) is 0 Å². The van der Waals surface area contributed by atoms with Gasteiger partial charge in [0, 0.05) is 17.1 Å². The van der Waals surface area contributed by atoms with Crippen molar-refractivity contribution in [2.75, 3.05) is 11.4 Å². The Bertz CT molecular complexity index is 1030. The number of hydrogen-bond donors (Lipinski definition) is 0. The minimum atomic E-state index is -0.562. The molecule has 4 rings (SSSR count). The first kappa shape index (κ1) is 18.3. The number of fused-ring (bicyclic) bond motifs is 1. The Morgan fingerprint density at radius 1 is 1.25 bits per heavy atom. The molecule has 7 heteroatoms. The maximum absolute atomic E-state index is 12.7. The molecule has 1 aliphatic heterocycles. The number of hydrogen-bond acceptors (Lipinski definition) is 6. The van der Waals surface area contributed by atoms with Gasteiger partial charge in [0.05, 0.1) is 23.6 Å². The standard InChI is InChI=1S/C21H19N3O3S/c1-3-18-21(26)24(11-13(2)25)17-10-14(7-8-19(17)27-18)16-12-28-20(23-16)15-6-4-5-9-22-15/h4-10,12,18H,3,11H2,1-2H3. The molecule has 3 aromatic rings. The van der Waals surface area contributed by atoms with Crippen LogP contribution in [0.15, 0.2) is 48.0 Å². The van der Waals surface area contributed by atoms with Crippen molar-refractivity contribution in [2.24, 2.45) is 0 Å². The predicted molar refractivity (Wildman–Crippen MR) is 109 cm³/mol. The molecule has 0 radical (unpaired) electrons. The monoisotopic (exact) mass is 393 g/mol. The zero-order valence-corrected chi connectivity index (χ0v) is 16.4. The number of amides is 1. The molecule has 0 N–H and O–H groups in total. The Balaban J connectivity index is 1.72. The molecule has 1 aromatic carbocycles. The number of nitrogens with zero attached hydrogens (tertiary/aromatic N) is 3. The summed E-state index contributed by atoms with van der Waals surface area (Å²) in [5, 5.41) is 2.79. The second-order valence-electron chi connectivity index (χ2n) is 6.58. The summed E-state index contributed by atoms with van der Waals surface area (Å²) in [5.74, 6) is 0.346. The summed E-state index contributed by atoms with van der Waals surface area (Å²) in [5.41, 5.74) is 3.08. The van der Waals surface area contributed by atoms with Gasteiger partial charge < -0.3 is 4.74 Å². The minimum absolute atomic E-state index is 0.0331. The number of Topliss-reactive ketones (excluding diaryl/α,β-unsaturated/α-hetero) is 1. The first-order valence-corrected chi connectivity index (χ1v) is 9.93. The molecule has 2 aromatic heterocycles. The van der Waals surface area contributed by atoms with Crippen molar-refractivity contribution < 1.29 is 14.3 Å². The van der Waals surface area contributed by atoms with E-state index in [4.69, 9.17) is 4.74 Å². The first-order valence-electron chi connectivity index (χ1n) is 9.05. The number of rotatable bonds is 5. The molecular weight excluding hydrogens is 374 g/mol. The van der Waals surface area contributed by atoms with Crippen molar-refractivity contribution in [3.8, 4) is 27.7 Å². The number of ketones is 1. The molecule has 0 spiro atoms. The third-order valence-electron chi connectivity index (χ3n) is 4.50. The van der Waals surface area contributed by atoms with Gasteiger partial charge in [-0.1, -0.05) is 13.0 Å². The van der Waals surface area contributed by atoms with Crippen LogP contribution in [-0.2, 0) is 9.59 Å². The van der Waals surface area contributed by atoms with Crippen LogP contribution < -0.4 is 9.64 Å². The van der Waals surface area contributed by atoms with E-state index in [2.05, 4.69) is 9.97 Å². The number of aromatic nitrogens is 2. The second-order valence-corrected chi connectivity index (χ2v) is 7.43. The maximum Gasteiger partial charge on any atom is 0.268 e. The minimum Gasteiger partial charge on any atom is -0.478 e. The van der Waals surface area contributed by atoms with Crippen LogP contribution >= 0.6 is 11.3 Å². The summed E-state index contributed by atoms with van der Waals surface area (Å²) in [4.78, 5) is 35.0. The van der Waals surface area contributed by atoms with Gasteiger partial charge in [-0.3, -0.25) is 19.5 Å². The Hall–Kier alpha value is -3.06. The smallest absolute Gasteiger partial charge is 0.268 e. The number of benzene rings is 1. The first-order chi connectivity index (χ1) is 13.6. The fourth-order valence-electron chi connectivity index (χ4n) is 3.14. The topological polar surface area (TPSA) is 72.4 Å². The molecule has 0 saturated heterocycles. The summed E-state index contributed by atoms with van der Waals surface area (Å²) in [6.45, 7) is 3.40. The average Bonchev–Trinajstić information content (AvgIpc) is 3.20. The Morgan fingerprint density at radius 2 is 2.11 bits per heavy atom. The molecular formula is C21H19N3O3S. The van der Waals surface area contributed by atoms with Crippen molar-refractivity contribution in [3.05, 3.63) is 48.0 Å². The highest BCUT2D eigenvalue weighted by molar-refractivity contribution is 7.13. The number of carbonyl (C=O) groups excluding carboxylic acids is 2. The van der Waals surface area contributed by atoms with Crippen molar-refractivity contribution >= 4 is 28.7 Å². The summed E-state index contributed by atoms with van der Waals surface area (Å²) in [7, 11) is 0. The summed E-state index contributed by atoms with van der Waals surface area (Å²) >= 11 is 1.51. The highest BCUT2D eigenvalue weighted by Crippen LogP contribution is 2.38. The molecule has 142 valence electrons. The molecule has 28 heavy (non-hydrogen) atoms. The van der Waals surface area contributed by atoms with Gasteiger partial charge in [0.1, 0.15) is 16.5 Å². The molecule has 0 bridgehead atoms. The second kappa shape index (κ2) is 7.52. The van der Waals surface area contributed by atoms with Gasteiger partial charge in [-0.2, -0.15) is 0 Å². The van der Waals surface area contributed by atoms with E-state index in [1.807, 2.05) is 48.7 Å². The van der Waals surface area contributed by atoms with E-state index in [1.165, 1.54) is 23.2 Å². The molecule has 1 amide bonds. The fourth-order valence-corrected chi connectivity index (χ4v) is 3.95. The van der Waals surface area contributed by atoms with Crippen LogP contribution in [0, 0.1) is 0 Å². The molecule has 1 atom stereocenters. The van der Waals surface area contributed by atoms with Crippen molar-refractivity contribution in [2.45, 2.75) is 26.4 Å². The number of thiazole rings is 1. The molecule has 0 fully saturated rings. The number of carbonyl (C=O) groups is 2. The van der Waals surface area contributed by atoms with E-state index in [0.717, 1.165) is 22.0 Å². The lowest BCUT2D eigenvalue weighted by Crippen LogP contribution is -2.47. The van der Waals surface area contributed by atoms with E-state index in [-0.39, 0.29) is 18.2 Å². The van der Waals surface area contributed by atoms with Crippen LogP contribution in [0.1, 0.15) is 20.3 Å². The van der Waals surface area contributed by atoms with Crippen LogP contribution in [-0.4, -0.2) is 34.3 Å². The zero-order valence-electron chi connectivity index (χ0n) is 15.6. The largest absolute Gasteiger partial charge is 0.478 e. The quantitative estimate of drug-likeness (QED) is 0.656. The maximum atomic E-state index is 12.7. The predicted octanol–water partition coefficient (Wildman–Crippen LogP) is 3.97. The molecule has 0 saturated carbocycles. The Morgan fingerprint density at radius 3 is 2.82 bits per heavy atom. The van der Waals surface area contributed by atoms with Gasteiger partial charge in [0.25, 0.3) is 5.91 Å². The normalized spacial score (nSPS) is 15.9. The molecule has 1 unspecified atom stereocenters. The Labute approximate surface area is 166 Å². The van der Waals surface area contributed by atoms with Gasteiger partial charge in [-0.25, -0.2) is 4.98 Å². The zero-order chi connectivity index (χ0) is 19.7. The van der Waals surface area contributed by atoms with Gasteiger partial charge in [-0.05, 0) is 43.7 Å². The number of ether oxygens (including phenoxy) is 1. The average molecular weight is 393 g/mol. The Kier molecular flexibility index (Phi) is 4.92. The lowest BCUT2D eigenvalue weighted by Gasteiger charge is -2.33. The molecule has 1 aliphatic rings. The molecule has 6 nitrogen and oxygen atoms in total. The van der Waals surface area contributed by atoms with Crippen LogP contribution in [0.2, 0.25) is 0 Å². The number of anilines is 1. The van der Waals surface area contributed by atoms with E-state index in [1.54, 1.807) is 6.20 Å². The summed E-state index contributed by atoms with van der Waals surface area (Å²) < 4.78 is 5.84. The van der Waals surface area contributed by atoms with Crippen LogP contribution in [0.5, 0.6) is 5.75 Å². The summed E-state index contributed by atoms with van der Waals surface area (Å²) in [6, 6.07) is 11.3. The van der Waals surface area contributed by atoms with Crippen molar-refractivity contribution in [1.29, 1.82) is 0 Å². The summed E-state index contributed by atoms with van der Waals surface area (Å²) in [6.07, 6.45) is 1.73. The van der Waals surface area contributed by atoms with E-state index >= 15 is 0 Å². The lowest BCUT2D eigenvalue weighted by atomic mass is 10.1. The van der Waals surface area contributed by atoms with E-state index < -0.39 is 6.10 Å². The van der Waals surface area contributed by atoms with Crippen LogP contribution in [0.4, 0.5) is 5.69 Å². The van der Waals surface area contributed by atoms with E-state index in [0.29, 0.717) is 17.9 Å². The fraction of sp³-hybridized carbons (Fsp3) is 0.238. The SMILES string of the molecule is CCC1Oc2ccc(-c3csc(-c4ccccn4)n3)cc2N(CC(C)=O)C1=O. The highest BCUT2D eigenvalue weighted by Gasteiger charge is 2.34. The van der Waals surface area contributed by atoms with E-state index in [9.17, 15) is 9.59 Å². The van der Waals surface area contributed by atoms with Gasteiger partial charge >= 0.3 is 0 Å². The van der Waals surface area contributed by atoms with Crippen LogP contribution in [0.3, 0.4) is 0 Å². The van der Waals surface area contributed by atoms with Crippen LogP contribution in [0.25, 0.3) is 22.0 Å². The third-order valence-corrected chi connectivity index (χ3v) is 5.36.